The lowest BCUT2D eigenvalue weighted by atomic mass is 9.40. The van der Waals surface area contributed by atoms with Crippen molar-refractivity contribution >= 4 is 38.9 Å². The van der Waals surface area contributed by atoms with Gasteiger partial charge in [-0.1, -0.05) is 203 Å². The molecule has 2 nitrogen and oxygen atoms in total. The molecule has 0 N–H and O–H groups in total. The molecule has 362 valence electrons. The summed E-state index contributed by atoms with van der Waals surface area (Å²) in [4.78, 5) is 2.53. The van der Waals surface area contributed by atoms with Crippen LogP contribution >= 0.6 is 0 Å². The molecule has 0 saturated heterocycles. The number of hydrogen-bond acceptors (Lipinski definition) is 1. The maximum absolute atomic E-state index is 2.66. The molecule has 4 aliphatic carbocycles. The van der Waals surface area contributed by atoms with E-state index < -0.39 is 5.41 Å². The van der Waals surface area contributed by atoms with Crippen LogP contribution in [0, 0.1) is 23.2 Å². The fraction of sp³-hybridized carbons (Fsp3) is 0.178. The molecular weight excluding hydrogens is 905 g/mol. The molecule has 2 fully saturated rings. The van der Waals surface area contributed by atoms with Crippen LogP contribution in [0.3, 0.4) is 0 Å². The highest BCUT2D eigenvalue weighted by Crippen LogP contribution is 2.70. The fourth-order valence-corrected chi connectivity index (χ4v) is 15.9. The Morgan fingerprint density at radius 1 is 0.387 bits per heavy atom. The van der Waals surface area contributed by atoms with Crippen LogP contribution in [0.2, 0.25) is 0 Å². The fourth-order valence-electron chi connectivity index (χ4n) is 15.9. The first-order valence-corrected chi connectivity index (χ1v) is 27.4. The number of aromatic nitrogens is 1. The summed E-state index contributed by atoms with van der Waals surface area (Å²) in [5.74, 6) is 1.77. The first-order valence-electron chi connectivity index (χ1n) is 27.4. The van der Waals surface area contributed by atoms with Crippen LogP contribution in [0.4, 0.5) is 17.1 Å². The Hall–Kier alpha value is -8.20. The normalized spacial score (nSPS) is 20.4. The van der Waals surface area contributed by atoms with Crippen molar-refractivity contribution in [3.8, 4) is 39.1 Å². The Bertz CT molecular complexity index is 3920. The summed E-state index contributed by atoms with van der Waals surface area (Å²) in [5, 5.41) is 2.54. The summed E-state index contributed by atoms with van der Waals surface area (Å²) in [6, 6.07) is 92.2. The second-order valence-corrected chi connectivity index (χ2v) is 23.2. The van der Waals surface area contributed by atoms with Gasteiger partial charge in [0.1, 0.15) is 0 Å². The topological polar surface area (TPSA) is 8.17 Å². The summed E-state index contributed by atoms with van der Waals surface area (Å²) >= 11 is 0. The second-order valence-electron chi connectivity index (χ2n) is 23.2. The van der Waals surface area contributed by atoms with Gasteiger partial charge in [-0.05, 0) is 176 Å². The van der Waals surface area contributed by atoms with Crippen molar-refractivity contribution in [3.05, 3.63) is 276 Å². The van der Waals surface area contributed by atoms with E-state index in [1.807, 2.05) is 0 Å². The minimum atomic E-state index is -0.504. The van der Waals surface area contributed by atoms with Gasteiger partial charge in [0, 0.05) is 38.9 Å². The Morgan fingerprint density at radius 2 is 0.880 bits per heavy atom. The van der Waals surface area contributed by atoms with E-state index in [9.17, 15) is 0 Å². The van der Waals surface area contributed by atoms with Gasteiger partial charge >= 0.3 is 0 Å². The second kappa shape index (κ2) is 16.7. The summed E-state index contributed by atoms with van der Waals surface area (Å²) in [6.07, 6.45) is 4.97. The smallest absolute Gasteiger partial charge is 0.0720 e. The highest BCUT2D eigenvalue weighted by molar-refractivity contribution is 6.09. The molecule has 1 aromatic heterocycles. The molecular formula is C73H60N2. The first-order chi connectivity index (χ1) is 36.8. The first kappa shape index (κ1) is 44.3. The number of anilines is 3. The monoisotopic (exact) mass is 964 g/mol. The van der Waals surface area contributed by atoms with Crippen LogP contribution in [-0.2, 0) is 10.8 Å². The molecule has 0 radical (unpaired) electrons. The number of para-hydroxylation sites is 2. The average molecular weight is 965 g/mol. The van der Waals surface area contributed by atoms with Crippen molar-refractivity contribution in [3.63, 3.8) is 0 Å². The van der Waals surface area contributed by atoms with E-state index in [0.717, 1.165) is 17.1 Å². The van der Waals surface area contributed by atoms with E-state index in [4.69, 9.17) is 0 Å². The third-order valence-electron chi connectivity index (χ3n) is 18.5. The molecule has 15 rings (SSSR count). The molecule has 1 heterocycles. The van der Waals surface area contributed by atoms with Crippen LogP contribution in [0.1, 0.15) is 79.8 Å². The summed E-state index contributed by atoms with van der Waals surface area (Å²) in [7, 11) is 0. The van der Waals surface area contributed by atoms with Crippen LogP contribution in [0.25, 0.3) is 60.9 Å². The Balaban J connectivity index is 0.949. The molecule has 0 amide bonds. The lowest BCUT2D eigenvalue weighted by Gasteiger charge is -2.63. The Morgan fingerprint density at radius 3 is 1.55 bits per heavy atom. The quantitative estimate of drug-likeness (QED) is 0.161. The minimum absolute atomic E-state index is 0.0995. The summed E-state index contributed by atoms with van der Waals surface area (Å²) < 4.78 is 2.42. The van der Waals surface area contributed by atoms with Crippen molar-refractivity contribution in [1.82, 2.24) is 4.57 Å². The minimum Gasteiger partial charge on any atom is -0.310 e. The maximum Gasteiger partial charge on any atom is 0.0720 e. The molecule has 75 heavy (non-hydrogen) atoms. The lowest BCUT2D eigenvalue weighted by molar-refractivity contribution is -0.0137. The van der Waals surface area contributed by atoms with Crippen LogP contribution in [0.5, 0.6) is 0 Å². The molecule has 2 saturated carbocycles. The standard InChI is InChI=1S/C73H60N2/c1-48-41-53-46-71(2,3)47-54(42-48)72(53)65-31-13-14-32-66(65)73(63-29-11-7-25-59(63)60-26-8-12-30-64(60)73)68-45-58(39-40-67(68)72)74(56-23-17-21-51(43-56)49-19-5-4-6-20-49)55-37-35-50(36-38-55)52-22-18-24-57(44-52)75-69-33-15-9-27-61(69)62-28-10-16-34-70(62)75/h4-40,43-45,48,53-54H,41-42,46-47H2,1-3H3/t48-,53+,54-,72?. The predicted molar refractivity (Wildman–Crippen MR) is 313 cm³/mol. The molecule has 2 spiro atoms. The molecule has 2 bridgehead atoms. The predicted octanol–water partition coefficient (Wildman–Crippen LogP) is 19.0. The van der Waals surface area contributed by atoms with Gasteiger partial charge in [-0.25, -0.2) is 0 Å². The van der Waals surface area contributed by atoms with E-state index in [1.54, 1.807) is 11.1 Å². The van der Waals surface area contributed by atoms with Gasteiger partial charge in [0.15, 0.2) is 0 Å². The zero-order chi connectivity index (χ0) is 50.0. The van der Waals surface area contributed by atoms with E-state index >= 15 is 0 Å². The molecule has 0 aliphatic heterocycles. The third-order valence-corrected chi connectivity index (χ3v) is 18.5. The number of nitrogens with zero attached hydrogens (tertiary/aromatic N) is 2. The lowest BCUT2D eigenvalue weighted by Crippen LogP contribution is -2.58. The molecule has 11 aromatic rings. The van der Waals surface area contributed by atoms with Crippen molar-refractivity contribution in [2.24, 2.45) is 23.2 Å². The number of benzene rings is 10. The van der Waals surface area contributed by atoms with Crippen LogP contribution in [0.15, 0.2) is 243 Å². The van der Waals surface area contributed by atoms with Crippen molar-refractivity contribution < 1.29 is 0 Å². The van der Waals surface area contributed by atoms with Crippen molar-refractivity contribution in [2.45, 2.75) is 57.3 Å². The van der Waals surface area contributed by atoms with Gasteiger partial charge < -0.3 is 9.47 Å². The average Bonchev–Trinajstić information content (AvgIpc) is 3.95. The van der Waals surface area contributed by atoms with E-state index in [1.165, 1.54) is 109 Å². The highest BCUT2D eigenvalue weighted by Gasteiger charge is 2.63. The summed E-state index contributed by atoms with van der Waals surface area (Å²) in [6.45, 7) is 7.63. The van der Waals surface area contributed by atoms with E-state index in [2.05, 4.69) is 273 Å². The number of hydrogen-bond donors (Lipinski definition) is 0. The van der Waals surface area contributed by atoms with Gasteiger partial charge in [-0.15, -0.1) is 0 Å². The molecule has 10 aromatic carbocycles. The SMILES string of the molecule is C[C@H]1C[C@@H]2CC(C)(C)C[C@H](C1)C21c2ccccc2C2(c3ccccc3-c3ccccc32)c2cc(N(c3ccc(-c4cccc(-n5c6ccccc6c6ccccc65)c4)cc3)c3cccc(-c4ccccc4)c3)ccc21. The Kier molecular flexibility index (Phi) is 9.84. The summed E-state index contributed by atoms with van der Waals surface area (Å²) in [5.41, 5.74) is 23.0. The third kappa shape index (κ3) is 6.45. The largest absolute Gasteiger partial charge is 0.310 e. The number of rotatable bonds is 6. The zero-order valence-corrected chi connectivity index (χ0v) is 43.0. The van der Waals surface area contributed by atoms with Crippen molar-refractivity contribution in [2.75, 3.05) is 4.90 Å². The van der Waals surface area contributed by atoms with Gasteiger partial charge in [-0.2, -0.15) is 0 Å². The molecule has 4 atom stereocenters. The maximum atomic E-state index is 2.66. The molecule has 4 aliphatic rings. The van der Waals surface area contributed by atoms with Gasteiger partial charge in [0.25, 0.3) is 0 Å². The van der Waals surface area contributed by atoms with E-state index in [0.29, 0.717) is 17.8 Å². The van der Waals surface area contributed by atoms with Crippen molar-refractivity contribution in [1.29, 1.82) is 0 Å². The number of fused-ring (bicyclic) bond motifs is 12. The van der Waals surface area contributed by atoms with Gasteiger partial charge in [0.2, 0.25) is 0 Å². The molecule has 1 unspecified atom stereocenters. The zero-order valence-electron chi connectivity index (χ0n) is 43.0. The van der Waals surface area contributed by atoms with Gasteiger partial charge in [-0.3, -0.25) is 0 Å². The molecule has 2 heteroatoms. The van der Waals surface area contributed by atoms with Crippen LogP contribution < -0.4 is 4.90 Å². The van der Waals surface area contributed by atoms with Gasteiger partial charge in [0.05, 0.1) is 16.4 Å². The Labute approximate surface area is 441 Å². The van der Waals surface area contributed by atoms with E-state index in [-0.39, 0.29) is 10.8 Å². The van der Waals surface area contributed by atoms with Crippen LogP contribution in [-0.4, -0.2) is 4.57 Å². The highest BCUT2D eigenvalue weighted by atomic mass is 15.1.